The number of rotatable bonds is 8. The zero-order chi connectivity index (χ0) is 23.1. The lowest BCUT2D eigenvalue weighted by molar-refractivity contribution is 0.0471. The minimum Gasteiger partial charge on any atom is -0.454 e. The second-order valence-electron chi connectivity index (χ2n) is 6.80. The number of carbonyl (C=O) groups is 3. The quantitative estimate of drug-likeness (QED) is 0.413. The largest absolute Gasteiger partial charge is 0.454 e. The average molecular weight is 452 g/mol. The summed E-state index contributed by atoms with van der Waals surface area (Å²) in [7, 11) is -3.62. The van der Waals surface area contributed by atoms with Crippen molar-refractivity contribution in [3.63, 3.8) is 0 Å². The number of anilines is 1. The first-order valence-corrected chi connectivity index (χ1v) is 11.5. The summed E-state index contributed by atoms with van der Waals surface area (Å²) in [5, 5.41) is 2.73. The van der Waals surface area contributed by atoms with Crippen LogP contribution in [0.5, 0.6) is 0 Å². The summed E-state index contributed by atoms with van der Waals surface area (Å²) >= 11 is 0. The number of benzene rings is 3. The van der Waals surface area contributed by atoms with Crippen molar-refractivity contribution in [1.29, 1.82) is 0 Å². The number of hydrogen-bond acceptors (Lipinski definition) is 6. The monoisotopic (exact) mass is 451 g/mol. The van der Waals surface area contributed by atoms with Gasteiger partial charge in [-0.15, -0.1) is 0 Å². The highest BCUT2D eigenvalue weighted by molar-refractivity contribution is 7.91. The zero-order valence-electron chi connectivity index (χ0n) is 17.3. The van der Waals surface area contributed by atoms with E-state index in [1.54, 1.807) is 36.4 Å². The predicted octanol–water partition coefficient (Wildman–Crippen LogP) is 3.77. The third-order valence-corrected chi connectivity index (χ3v) is 6.44. The van der Waals surface area contributed by atoms with Crippen molar-refractivity contribution in [3.05, 3.63) is 95.6 Å². The molecule has 0 saturated carbocycles. The SMILES string of the molecule is CCS(=O)(=O)c1ccccc1C(=O)OCC(=O)c1ccc(NC(=O)c2ccccc2)cc1. The standard InChI is InChI=1S/C24H21NO6S/c1-2-32(29,30)22-11-7-6-10-20(22)24(28)31-16-21(26)17-12-14-19(15-13-17)25-23(27)18-8-4-3-5-9-18/h3-15H,2,16H2,1H3,(H,25,27). The molecule has 164 valence electrons. The van der Waals surface area contributed by atoms with Crippen LogP contribution < -0.4 is 5.32 Å². The van der Waals surface area contributed by atoms with Gasteiger partial charge in [0.05, 0.1) is 16.2 Å². The second kappa shape index (κ2) is 10.0. The van der Waals surface area contributed by atoms with Gasteiger partial charge in [0, 0.05) is 16.8 Å². The van der Waals surface area contributed by atoms with Crippen LogP contribution in [0.25, 0.3) is 0 Å². The van der Waals surface area contributed by atoms with Crippen LogP contribution >= 0.6 is 0 Å². The maximum Gasteiger partial charge on any atom is 0.339 e. The molecule has 3 aromatic rings. The number of hydrogen-bond donors (Lipinski definition) is 1. The van der Waals surface area contributed by atoms with Crippen molar-refractivity contribution in [3.8, 4) is 0 Å². The fraction of sp³-hybridized carbons (Fsp3) is 0.125. The van der Waals surface area contributed by atoms with Crippen LogP contribution in [0.1, 0.15) is 38.0 Å². The van der Waals surface area contributed by atoms with Gasteiger partial charge < -0.3 is 10.1 Å². The lowest BCUT2D eigenvalue weighted by atomic mass is 10.1. The number of nitrogens with one attached hydrogen (secondary N) is 1. The molecule has 32 heavy (non-hydrogen) atoms. The highest BCUT2D eigenvalue weighted by atomic mass is 32.2. The molecule has 0 atom stereocenters. The first-order chi connectivity index (χ1) is 15.3. The highest BCUT2D eigenvalue weighted by Gasteiger charge is 2.22. The number of ether oxygens (including phenoxy) is 1. The lowest BCUT2D eigenvalue weighted by Crippen LogP contribution is -2.17. The summed E-state index contributed by atoms with van der Waals surface area (Å²) in [6.45, 7) is 0.933. The van der Waals surface area contributed by atoms with Crippen LogP contribution in [0.4, 0.5) is 5.69 Å². The third kappa shape index (κ3) is 5.47. The maximum atomic E-state index is 12.4. The molecule has 0 radical (unpaired) electrons. The molecule has 8 heteroatoms. The Morgan fingerprint density at radius 1 is 0.812 bits per heavy atom. The van der Waals surface area contributed by atoms with Gasteiger partial charge in [-0.3, -0.25) is 9.59 Å². The Balaban J connectivity index is 1.62. The number of Topliss-reactive ketones (excluding diaryl/α,β-unsaturated/α-hetero) is 1. The average Bonchev–Trinajstić information content (AvgIpc) is 2.83. The Kier molecular flexibility index (Phi) is 7.17. The van der Waals surface area contributed by atoms with Crippen molar-refractivity contribution < 1.29 is 27.5 Å². The van der Waals surface area contributed by atoms with Crippen LogP contribution in [0.15, 0.2) is 83.8 Å². The minimum atomic E-state index is -3.62. The molecule has 3 aromatic carbocycles. The molecule has 0 aliphatic carbocycles. The lowest BCUT2D eigenvalue weighted by Gasteiger charge is -2.09. The maximum absolute atomic E-state index is 12.4. The number of esters is 1. The normalized spacial score (nSPS) is 10.9. The Bertz CT molecular complexity index is 1230. The van der Waals surface area contributed by atoms with Crippen LogP contribution in [-0.2, 0) is 14.6 Å². The fourth-order valence-corrected chi connectivity index (χ4v) is 3.97. The van der Waals surface area contributed by atoms with E-state index < -0.39 is 28.2 Å². The predicted molar refractivity (Wildman–Crippen MR) is 120 cm³/mol. The molecule has 0 aromatic heterocycles. The summed E-state index contributed by atoms with van der Waals surface area (Å²) in [4.78, 5) is 36.8. The van der Waals surface area contributed by atoms with E-state index in [0.29, 0.717) is 11.3 Å². The van der Waals surface area contributed by atoms with Gasteiger partial charge in [0.25, 0.3) is 5.91 Å². The van der Waals surface area contributed by atoms with E-state index in [9.17, 15) is 22.8 Å². The number of carbonyl (C=O) groups excluding carboxylic acids is 3. The Labute approximate surface area is 186 Å². The van der Waals surface area contributed by atoms with Gasteiger partial charge in [-0.1, -0.05) is 37.3 Å². The van der Waals surface area contributed by atoms with E-state index in [2.05, 4.69) is 5.32 Å². The van der Waals surface area contributed by atoms with Crippen molar-refractivity contribution in [2.45, 2.75) is 11.8 Å². The van der Waals surface area contributed by atoms with Gasteiger partial charge >= 0.3 is 5.97 Å². The number of amides is 1. The van der Waals surface area contributed by atoms with Crippen LogP contribution in [-0.4, -0.2) is 38.4 Å². The molecular formula is C24H21NO6S. The molecule has 3 rings (SSSR count). The molecule has 0 fully saturated rings. The summed E-state index contributed by atoms with van der Waals surface area (Å²) in [5.74, 6) is -1.80. The Morgan fingerprint density at radius 3 is 2.09 bits per heavy atom. The molecule has 7 nitrogen and oxygen atoms in total. The molecular weight excluding hydrogens is 430 g/mol. The van der Waals surface area contributed by atoms with E-state index in [1.807, 2.05) is 6.07 Å². The first kappa shape index (κ1) is 22.9. The third-order valence-electron chi connectivity index (χ3n) is 4.66. The summed E-state index contributed by atoms with van der Waals surface area (Å²) in [6.07, 6.45) is 0. The van der Waals surface area contributed by atoms with Gasteiger partial charge in [-0.25, -0.2) is 13.2 Å². The van der Waals surface area contributed by atoms with Gasteiger partial charge in [-0.2, -0.15) is 0 Å². The van der Waals surface area contributed by atoms with E-state index in [4.69, 9.17) is 4.74 Å². The van der Waals surface area contributed by atoms with Gasteiger partial charge in [0.1, 0.15) is 0 Å². The van der Waals surface area contributed by atoms with Crippen molar-refractivity contribution in [2.24, 2.45) is 0 Å². The molecule has 1 amide bonds. The summed E-state index contributed by atoms with van der Waals surface area (Å²) < 4.78 is 29.4. The van der Waals surface area contributed by atoms with Crippen molar-refractivity contribution in [1.82, 2.24) is 0 Å². The minimum absolute atomic E-state index is 0.110. The molecule has 1 N–H and O–H groups in total. The molecule has 0 aliphatic rings. The van der Waals surface area contributed by atoms with Gasteiger partial charge in [0.15, 0.2) is 22.2 Å². The zero-order valence-corrected chi connectivity index (χ0v) is 18.1. The first-order valence-electron chi connectivity index (χ1n) is 9.80. The van der Waals surface area contributed by atoms with E-state index >= 15 is 0 Å². The molecule has 0 aliphatic heterocycles. The van der Waals surface area contributed by atoms with Gasteiger partial charge in [-0.05, 0) is 48.5 Å². The molecule has 0 saturated heterocycles. The van der Waals surface area contributed by atoms with Crippen LogP contribution in [0.2, 0.25) is 0 Å². The fourth-order valence-electron chi connectivity index (χ4n) is 2.89. The number of ketones is 1. The summed E-state index contributed by atoms with van der Waals surface area (Å²) in [6, 6.07) is 20.6. The van der Waals surface area contributed by atoms with Gasteiger partial charge in [0.2, 0.25) is 0 Å². The highest BCUT2D eigenvalue weighted by Crippen LogP contribution is 2.18. The second-order valence-corrected chi connectivity index (χ2v) is 9.04. The topological polar surface area (TPSA) is 107 Å². The van der Waals surface area contributed by atoms with Crippen LogP contribution in [0, 0.1) is 0 Å². The number of sulfone groups is 1. The Morgan fingerprint density at radius 2 is 1.44 bits per heavy atom. The van der Waals surface area contributed by atoms with Crippen molar-refractivity contribution in [2.75, 3.05) is 17.7 Å². The smallest absolute Gasteiger partial charge is 0.339 e. The Hall–Kier alpha value is -3.78. The van der Waals surface area contributed by atoms with Crippen LogP contribution in [0.3, 0.4) is 0 Å². The summed E-state index contributed by atoms with van der Waals surface area (Å²) in [5.41, 5.74) is 1.18. The van der Waals surface area contributed by atoms with Crippen molar-refractivity contribution >= 4 is 33.2 Å². The van der Waals surface area contributed by atoms with E-state index in [1.165, 1.54) is 43.3 Å². The molecule has 0 spiro atoms. The van der Waals surface area contributed by atoms with E-state index in [-0.39, 0.29) is 27.7 Å². The molecule has 0 unspecified atom stereocenters. The molecule has 0 bridgehead atoms. The molecule has 0 heterocycles. The van der Waals surface area contributed by atoms with E-state index in [0.717, 1.165) is 0 Å².